The van der Waals surface area contributed by atoms with Crippen molar-refractivity contribution in [2.24, 2.45) is 5.92 Å². The summed E-state index contributed by atoms with van der Waals surface area (Å²) in [7, 11) is 0. The molecule has 78 valence electrons. The van der Waals surface area contributed by atoms with Crippen LogP contribution in [0, 0.1) is 5.92 Å². The predicted molar refractivity (Wildman–Crippen MR) is 48.6 cm³/mol. The van der Waals surface area contributed by atoms with E-state index in [1.54, 1.807) is 0 Å². The van der Waals surface area contributed by atoms with Gasteiger partial charge in [-0.3, -0.25) is 4.79 Å². The van der Waals surface area contributed by atoms with Crippen LogP contribution in [0.3, 0.4) is 0 Å². The number of aliphatic hydroxyl groups is 1. The van der Waals surface area contributed by atoms with Crippen LogP contribution in [0.25, 0.3) is 0 Å². The van der Waals surface area contributed by atoms with E-state index in [1.165, 1.54) is 0 Å². The number of fused-ring (bicyclic) bond motifs is 2. The second-order valence-corrected chi connectivity index (χ2v) is 4.50. The molecule has 0 aromatic heterocycles. The molecule has 3 rings (SSSR count). The topological polar surface area (TPSA) is 49.8 Å². The Labute approximate surface area is 82.8 Å². The summed E-state index contributed by atoms with van der Waals surface area (Å²) in [5.41, 5.74) is 0. The van der Waals surface area contributed by atoms with E-state index in [2.05, 4.69) is 0 Å². The van der Waals surface area contributed by atoms with Crippen LogP contribution < -0.4 is 0 Å². The third kappa shape index (κ3) is 1.04. The van der Waals surface area contributed by atoms with E-state index in [1.807, 2.05) is 4.90 Å². The molecular formula is C10H15NO3. The predicted octanol–water partition coefficient (Wildman–Crippen LogP) is -0.243. The smallest absolute Gasteiger partial charge is 0.223 e. The minimum atomic E-state index is -0.359. The normalized spacial score (nSPS) is 46.6. The second kappa shape index (κ2) is 2.94. The molecule has 0 spiro atoms. The van der Waals surface area contributed by atoms with Crippen LogP contribution in [0.15, 0.2) is 0 Å². The van der Waals surface area contributed by atoms with Crippen molar-refractivity contribution < 1.29 is 14.6 Å². The van der Waals surface area contributed by atoms with Crippen molar-refractivity contribution in [3.63, 3.8) is 0 Å². The largest absolute Gasteiger partial charge is 0.391 e. The number of ether oxygens (including phenoxy) is 1. The van der Waals surface area contributed by atoms with Crippen molar-refractivity contribution in [1.29, 1.82) is 0 Å². The molecule has 0 aromatic rings. The fourth-order valence-electron chi connectivity index (χ4n) is 3.07. The van der Waals surface area contributed by atoms with Gasteiger partial charge in [-0.1, -0.05) is 0 Å². The zero-order valence-corrected chi connectivity index (χ0v) is 8.06. The van der Waals surface area contributed by atoms with Gasteiger partial charge in [0.25, 0.3) is 0 Å². The third-order valence-corrected chi connectivity index (χ3v) is 3.84. The van der Waals surface area contributed by atoms with Crippen molar-refractivity contribution in [3.05, 3.63) is 0 Å². The Morgan fingerprint density at radius 1 is 1.43 bits per heavy atom. The van der Waals surface area contributed by atoms with E-state index in [0.29, 0.717) is 13.0 Å². The standard InChI is InChI=1S/C10H15NO3/c12-9-2-1-7-10(13)6-3-4-14-8(6)5-11(7)9/h6-8,10,13H,1-5H2/t6-,7+,8-,10-/m1/s1. The van der Waals surface area contributed by atoms with E-state index in [4.69, 9.17) is 4.74 Å². The number of amides is 1. The molecular weight excluding hydrogens is 182 g/mol. The number of nitrogens with zero attached hydrogens (tertiary/aromatic N) is 1. The maximum Gasteiger partial charge on any atom is 0.223 e. The second-order valence-electron chi connectivity index (χ2n) is 4.50. The molecule has 3 saturated heterocycles. The van der Waals surface area contributed by atoms with Crippen molar-refractivity contribution in [2.45, 2.75) is 37.5 Å². The SMILES string of the molecule is O=C1CC[C@H]2[C@H](O)[C@@H]3CCO[C@@H]3CN12. The summed E-state index contributed by atoms with van der Waals surface area (Å²) in [5, 5.41) is 10.1. The zero-order chi connectivity index (χ0) is 9.71. The van der Waals surface area contributed by atoms with Gasteiger partial charge in [0.2, 0.25) is 5.91 Å². The fourth-order valence-corrected chi connectivity index (χ4v) is 3.07. The maximum atomic E-state index is 11.5. The molecule has 0 radical (unpaired) electrons. The lowest BCUT2D eigenvalue weighted by Gasteiger charge is -2.40. The Bertz CT molecular complexity index is 268. The van der Waals surface area contributed by atoms with Crippen molar-refractivity contribution in [3.8, 4) is 0 Å². The molecule has 0 aromatic carbocycles. The van der Waals surface area contributed by atoms with Gasteiger partial charge in [-0.15, -0.1) is 0 Å². The van der Waals surface area contributed by atoms with Crippen molar-refractivity contribution in [1.82, 2.24) is 4.90 Å². The molecule has 4 atom stereocenters. The lowest BCUT2D eigenvalue weighted by atomic mass is 9.85. The highest BCUT2D eigenvalue weighted by Gasteiger charge is 2.49. The number of hydrogen-bond donors (Lipinski definition) is 1. The summed E-state index contributed by atoms with van der Waals surface area (Å²) in [4.78, 5) is 13.3. The summed E-state index contributed by atoms with van der Waals surface area (Å²) in [6.07, 6.45) is 2.10. The van der Waals surface area contributed by atoms with Gasteiger partial charge in [0.1, 0.15) is 0 Å². The highest BCUT2D eigenvalue weighted by atomic mass is 16.5. The molecule has 3 fully saturated rings. The van der Waals surface area contributed by atoms with Crippen LogP contribution in [0.5, 0.6) is 0 Å². The van der Waals surface area contributed by atoms with Crippen LogP contribution in [0.4, 0.5) is 0 Å². The Morgan fingerprint density at radius 3 is 3.14 bits per heavy atom. The first-order chi connectivity index (χ1) is 6.77. The van der Waals surface area contributed by atoms with Gasteiger partial charge in [-0.05, 0) is 12.8 Å². The summed E-state index contributed by atoms with van der Waals surface area (Å²) in [6.45, 7) is 1.44. The summed E-state index contributed by atoms with van der Waals surface area (Å²) in [5.74, 6) is 0.449. The van der Waals surface area contributed by atoms with Gasteiger partial charge < -0.3 is 14.7 Å². The van der Waals surface area contributed by atoms with E-state index < -0.39 is 0 Å². The third-order valence-electron chi connectivity index (χ3n) is 3.84. The average molecular weight is 197 g/mol. The summed E-state index contributed by atoms with van der Waals surface area (Å²) in [6, 6.07) is 0.0745. The number of carbonyl (C=O) groups is 1. The number of piperidine rings is 1. The van der Waals surface area contributed by atoms with Crippen LogP contribution in [0.2, 0.25) is 0 Å². The van der Waals surface area contributed by atoms with Gasteiger partial charge in [0.05, 0.1) is 18.2 Å². The number of hydrogen-bond acceptors (Lipinski definition) is 3. The number of rotatable bonds is 0. The van der Waals surface area contributed by atoms with E-state index >= 15 is 0 Å². The molecule has 0 aliphatic carbocycles. The average Bonchev–Trinajstić information content (AvgIpc) is 2.75. The highest BCUT2D eigenvalue weighted by Crippen LogP contribution is 2.37. The van der Waals surface area contributed by atoms with Crippen LogP contribution >= 0.6 is 0 Å². The first-order valence-corrected chi connectivity index (χ1v) is 5.36. The Balaban J connectivity index is 1.86. The highest BCUT2D eigenvalue weighted by molar-refractivity contribution is 5.79. The molecule has 4 nitrogen and oxygen atoms in total. The zero-order valence-electron chi connectivity index (χ0n) is 8.06. The van der Waals surface area contributed by atoms with E-state index in [9.17, 15) is 9.90 Å². The van der Waals surface area contributed by atoms with Crippen LogP contribution in [0.1, 0.15) is 19.3 Å². The monoisotopic (exact) mass is 197 g/mol. The van der Waals surface area contributed by atoms with Crippen LogP contribution in [-0.4, -0.2) is 47.3 Å². The fraction of sp³-hybridized carbons (Fsp3) is 0.900. The van der Waals surface area contributed by atoms with E-state index in [0.717, 1.165) is 19.4 Å². The maximum absolute atomic E-state index is 11.5. The first kappa shape index (κ1) is 8.68. The Hall–Kier alpha value is -0.610. The Morgan fingerprint density at radius 2 is 2.29 bits per heavy atom. The van der Waals surface area contributed by atoms with Gasteiger partial charge in [0, 0.05) is 25.5 Å². The molecule has 0 bridgehead atoms. The molecule has 14 heavy (non-hydrogen) atoms. The summed E-state index contributed by atoms with van der Waals surface area (Å²) >= 11 is 0. The van der Waals surface area contributed by atoms with Crippen molar-refractivity contribution >= 4 is 5.91 Å². The van der Waals surface area contributed by atoms with Gasteiger partial charge in [-0.25, -0.2) is 0 Å². The molecule has 0 saturated carbocycles. The molecule has 0 unspecified atom stereocenters. The first-order valence-electron chi connectivity index (χ1n) is 5.36. The lowest BCUT2D eigenvalue weighted by Crippen LogP contribution is -2.55. The van der Waals surface area contributed by atoms with E-state index in [-0.39, 0.29) is 30.1 Å². The van der Waals surface area contributed by atoms with Crippen molar-refractivity contribution in [2.75, 3.05) is 13.2 Å². The van der Waals surface area contributed by atoms with Gasteiger partial charge >= 0.3 is 0 Å². The molecule has 3 aliphatic rings. The van der Waals surface area contributed by atoms with Crippen LogP contribution in [-0.2, 0) is 9.53 Å². The number of carbonyl (C=O) groups excluding carboxylic acids is 1. The molecule has 4 heteroatoms. The minimum Gasteiger partial charge on any atom is -0.391 e. The summed E-state index contributed by atoms with van der Waals surface area (Å²) < 4.78 is 5.53. The van der Waals surface area contributed by atoms with Gasteiger partial charge in [0.15, 0.2) is 0 Å². The molecule has 3 heterocycles. The number of aliphatic hydroxyl groups excluding tert-OH is 1. The molecule has 3 aliphatic heterocycles. The molecule has 1 amide bonds. The minimum absolute atomic E-state index is 0.0745. The van der Waals surface area contributed by atoms with Gasteiger partial charge in [-0.2, -0.15) is 0 Å². The lowest BCUT2D eigenvalue weighted by molar-refractivity contribution is -0.138. The Kier molecular flexibility index (Phi) is 1.82. The molecule has 1 N–H and O–H groups in total. The quantitative estimate of drug-likeness (QED) is 0.583.